The molecule has 0 N–H and O–H groups in total. The Kier molecular flexibility index (Phi) is 24.6. The number of hydrogen-bond donors (Lipinski definition) is 0. The van der Waals surface area contributed by atoms with Crippen molar-refractivity contribution in [3.63, 3.8) is 0 Å². The average molecular weight is 486 g/mol. The van der Waals surface area contributed by atoms with Gasteiger partial charge in [0.15, 0.2) is 0 Å². The third-order valence-corrected chi connectivity index (χ3v) is 1.28. The Morgan fingerprint density at radius 2 is 1.00 bits per heavy atom. The van der Waals surface area contributed by atoms with Gasteiger partial charge in [0.1, 0.15) is 0 Å². The van der Waals surface area contributed by atoms with Gasteiger partial charge < -0.3 is 0 Å². The molecule has 0 fully saturated rings. The molecule has 0 heterocycles. The summed E-state index contributed by atoms with van der Waals surface area (Å²) in [4.78, 5) is 0. The zero-order valence-corrected chi connectivity index (χ0v) is 20.3. The van der Waals surface area contributed by atoms with Crippen LogP contribution in [-0.2, 0) is 11.3 Å². The van der Waals surface area contributed by atoms with Gasteiger partial charge in [-0.15, -0.1) is 15.8 Å². The molecule has 0 saturated heterocycles. The number of aryl methyl sites for hydroxylation is 3. The van der Waals surface area contributed by atoms with E-state index in [0.717, 1.165) is 0 Å². The number of rotatable bonds is 0. The van der Waals surface area contributed by atoms with Crippen LogP contribution in [0.1, 0.15) is 16.7 Å². The number of benzene rings is 1. The standard InChI is InChI=1S/C9H11.2C3H9P.2BrH.Mn/c1-7-4-8(2)6-9(3)5-7;2*1-4(2)3;;;/h4-5H,1-3H3;2*1-3H3;2*1H;/q-1;;;;;+2/p-2. The first-order valence-corrected chi connectivity index (χ1v) is 17.3. The van der Waals surface area contributed by atoms with Crippen LogP contribution in [0.15, 0.2) is 12.1 Å². The predicted molar refractivity (Wildman–Crippen MR) is 107 cm³/mol. The quantitative estimate of drug-likeness (QED) is 0.215. The van der Waals surface area contributed by atoms with Crippen LogP contribution in [0, 0.1) is 26.8 Å². The van der Waals surface area contributed by atoms with E-state index in [1.54, 1.807) is 0 Å². The van der Waals surface area contributed by atoms with E-state index >= 15 is 0 Å². The summed E-state index contributed by atoms with van der Waals surface area (Å²) in [7, 11) is 0.759. The van der Waals surface area contributed by atoms with E-state index < -0.39 is 0 Å². The van der Waals surface area contributed by atoms with Gasteiger partial charge in [-0.2, -0.15) is 34.9 Å². The van der Waals surface area contributed by atoms with Crippen molar-refractivity contribution in [2.45, 2.75) is 20.8 Å². The van der Waals surface area contributed by atoms with Crippen molar-refractivity contribution in [2.75, 3.05) is 40.0 Å². The van der Waals surface area contributed by atoms with Crippen molar-refractivity contribution in [1.29, 1.82) is 0 Å². The zero-order chi connectivity index (χ0) is 16.7. The minimum absolute atomic E-state index is 0.380. The maximum atomic E-state index is 3.21. The molecule has 0 radical (unpaired) electrons. The van der Waals surface area contributed by atoms with Crippen LogP contribution in [0.2, 0.25) is 0 Å². The monoisotopic (exact) mass is 484 g/mol. The van der Waals surface area contributed by atoms with E-state index in [-0.39, 0.29) is 0 Å². The van der Waals surface area contributed by atoms with Crippen LogP contribution >= 0.6 is 44.1 Å². The van der Waals surface area contributed by atoms with Gasteiger partial charge >= 0.3 is 39.6 Å². The van der Waals surface area contributed by atoms with Gasteiger partial charge in [0.25, 0.3) is 0 Å². The molecule has 0 nitrogen and oxygen atoms in total. The Morgan fingerprint density at radius 3 is 1.15 bits per heavy atom. The first-order valence-electron chi connectivity index (χ1n) is 6.12. The first-order chi connectivity index (χ1) is 9.06. The molecular weight excluding hydrogens is 457 g/mol. The molecule has 1 aromatic carbocycles. The van der Waals surface area contributed by atoms with Crippen LogP contribution in [-0.4, -0.2) is 40.0 Å². The van der Waals surface area contributed by atoms with Gasteiger partial charge in [0.2, 0.25) is 0 Å². The third-order valence-electron chi connectivity index (χ3n) is 1.28. The fraction of sp³-hybridized carbons (Fsp3) is 0.600. The van der Waals surface area contributed by atoms with E-state index in [1.165, 1.54) is 16.7 Å². The molecule has 0 atom stereocenters. The predicted octanol–water partition coefficient (Wildman–Crippen LogP) is 6.82. The molecule has 0 bridgehead atoms. The van der Waals surface area contributed by atoms with Gasteiger partial charge in [0.05, 0.1) is 0 Å². The van der Waals surface area contributed by atoms with Crippen LogP contribution in [0.4, 0.5) is 0 Å². The van der Waals surface area contributed by atoms with Gasteiger partial charge in [-0.05, 0) is 40.0 Å². The summed E-state index contributed by atoms with van der Waals surface area (Å²) in [5.41, 5.74) is 3.78. The van der Waals surface area contributed by atoms with Crippen molar-refractivity contribution in [3.05, 3.63) is 34.9 Å². The van der Waals surface area contributed by atoms with Crippen LogP contribution in [0.5, 0.6) is 0 Å². The maximum absolute atomic E-state index is 3.21. The van der Waals surface area contributed by atoms with E-state index in [0.29, 0.717) is 27.2 Å². The molecule has 0 aliphatic heterocycles. The van der Waals surface area contributed by atoms with Crippen LogP contribution < -0.4 is 0 Å². The van der Waals surface area contributed by atoms with Gasteiger partial charge in [-0.3, -0.25) is 0 Å². The second-order valence-electron chi connectivity index (χ2n) is 5.26. The Morgan fingerprint density at radius 1 is 0.800 bits per heavy atom. The number of halogens is 2. The molecule has 0 aliphatic rings. The normalized spacial score (nSPS) is 8.85. The van der Waals surface area contributed by atoms with Gasteiger partial charge in [-0.1, -0.05) is 20.8 Å². The van der Waals surface area contributed by atoms with E-state index in [2.05, 4.69) is 107 Å². The van der Waals surface area contributed by atoms with Crippen molar-refractivity contribution < 1.29 is 11.3 Å². The van der Waals surface area contributed by atoms with E-state index in [9.17, 15) is 0 Å². The van der Waals surface area contributed by atoms with Crippen LogP contribution in [0.25, 0.3) is 0 Å². The topological polar surface area (TPSA) is 0 Å². The molecule has 0 amide bonds. The first kappa shape index (κ1) is 26.5. The van der Waals surface area contributed by atoms with E-state index in [4.69, 9.17) is 0 Å². The summed E-state index contributed by atoms with van der Waals surface area (Å²) < 4.78 is 0. The van der Waals surface area contributed by atoms with Crippen molar-refractivity contribution in [2.24, 2.45) is 0 Å². The third kappa shape index (κ3) is 36.6. The molecule has 5 heteroatoms. The summed E-state index contributed by atoms with van der Waals surface area (Å²) in [6, 6.07) is 7.47. The summed E-state index contributed by atoms with van der Waals surface area (Å²) in [5, 5.41) is 0. The zero-order valence-electron chi connectivity index (χ0n) is 14.2. The van der Waals surface area contributed by atoms with Crippen molar-refractivity contribution >= 4 is 44.1 Å². The molecule has 0 unspecified atom stereocenters. The Balaban J connectivity index is -0.000000223. The van der Waals surface area contributed by atoms with Gasteiger partial charge in [-0.25, -0.2) is 0 Å². The Bertz CT molecular complexity index is 257. The average Bonchev–Trinajstić information content (AvgIpc) is 2.13. The summed E-state index contributed by atoms with van der Waals surface area (Å²) in [5.74, 6) is 0. The summed E-state index contributed by atoms with van der Waals surface area (Å²) in [6.45, 7) is 19.6. The summed E-state index contributed by atoms with van der Waals surface area (Å²) in [6.07, 6.45) is 0. The molecule has 121 valence electrons. The Labute approximate surface area is 150 Å². The molecule has 0 aromatic heterocycles. The molecule has 1 aromatic rings. The fourth-order valence-corrected chi connectivity index (χ4v) is 1.11. The summed E-state index contributed by atoms with van der Waals surface area (Å²) >= 11 is 6.88. The fourth-order valence-electron chi connectivity index (χ4n) is 1.11. The molecule has 0 aliphatic carbocycles. The van der Waals surface area contributed by atoms with Crippen molar-refractivity contribution in [1.82, 2.24) is 0 Å². The SMILES string of the molecule is CP(C)C.CP(C)C.Cc1[c-]c(C)cc(C)c1.[Br][Mn][Br]. The molecular formula is C15H29Br2MnP2-. The Hall–Kier alpha value is 1.56. The molecule has 1 rings (SSSR count). The molecule has 20 heavy (non-hydrogen) atoms. The minimum atomic E-state index is 0.380. The molecule has 0 spiro atoms. The van der Waals surface area contributed by atoms with Crippen LogP contribution in [0.3, 0.4) is 0 Å². The van der Waals surface area contributed by atoms with Gasteiger partial charge in [0, 0.05) is 0 Å². The van der Waals surface area contributed by atoms with E-state index in [1.807, 2.05) is 0 Å². The number of hydrogen-bond acceptors (Lipinski definition) is 0. The van der Waals surface area contributed by atoms with Crippen molar-refractivity contribution in [3.8, 4) is 0 Å². The molecule has 0 saturated carbocycles. The second kappa shape index (κ2) is 18.6. The second-order valence-corrected chi connectivity index (χ2v) is 16.6.